The van der Waals surface area contributed by atoms with Crippen LogP contribution in [0.15, 0.2) is 23.1 Å². The van der Waals surface area contributed by atoms with Crippen LogP contribution in [-0.4, -0.2) is 31.7 Å². The molecule has 7 heteroatoms. The number of nitrogens with zero attached hydrogens (tertiary/aromatic N) is 1. The Hall–Kier alpha value is -0.000000000000000111. The molecular formula is C10H12Cl3NO2S. The van der Waals surface area contributed by atoms with Gasteiger partial charge in [-0.15, -0.1) is 11.6 Å². The number of sulfonamides is 1. The zero-order chi connectivity index (χ0) is 13.2. The summed E-state index contributed by atoms with van der Waals surface area (Å²) in [6.45, 7) is 1.92. The summed E-state index contributed by atoms with van der Waals surface area (Å²) in [5.74, 6) is 0. The van der Waals surface area contributed by atoms with Crippen molar-refractivity contribution in [1.82, 2.24) is 4.31 Å². The Morgan fingerprint density at radius 3 is 2.47 bits per heavy atom. The molecule has 0 bridgehead atoms. The second-order valence-corrected chi connectivity index (χ2v) is 7.24. The molecule has 0 radical (unpaired) electrons. The highest BCUT2D eigenvalue weighted by atomic mass is 35.5. The maximum absolute atomic E-state index is 12.2. The summed E-state index contributed by atoms with van der Waals surface area (Å²) in [5, 5.41) is 0.177. The first-order valence-electron chi connectivity index (χ1n) is 4.80. The number of rotatable bonds is 4. The molecule has 1 atom stereocenters. The number of hydrogen-bond donors (Lipinski definition) is 0. The van der Waals surface area contributed by atoms with Crippen molar-refractivity contribution < 1.29 is 8.42 Å². The molecule has 0 aliphatic rings. The molecule has 0 aliphatic heterocycles. The smallest absolute Gasteiger partial charge is 0.207 e. The van der Waals surface area contributed by atoms with Crippen LogP contribution in [0.4, 0.5) is 0 Å². The van der Waals surface area contributed by atoms with Crippen LogP contribution in [0.25, 0.3) is 0 Å². The van der Waals surface area contributed by atoms with E-state index < -0.39 is 10.0 Å². The van der Waals surface area contributed by atoms with E-state index in [9.17, 15) is 8.42 Å². The number of halogens is 3. The Kier molecular flexibility index (Phi) is 5.10. The van der Waals surface area contributed by atoms with E-state index in [1.165, 1.54) is 25.2 Å². The monoisotopic (exact) mass is 315 g/mol. The summed E-state index contributed by atoms with van der Waals surface area (Å²) in [6, 6.07) is 4.32. The van der Waals surface area contributed by atoms with Crippen molar-refractivity contribution >= 4 is 44.8 Å². The van der Waals surface area contributed by atoms with Gasteiger partial charge >= 0.3 is 0 Å². The second-order valence-electron chi connectivity index (χ2n) is 3.64. The van der Waals surface area contributed by atoms with Crippen LogP contribution < -0.4 is 0 Å². The summed E-state index contributed by atoms with van der Waals surface area (Å²) in [4.78, 5) is -0.00789. The van der Waals surface area contributed by atoms with Crippen molar-refractivity contribution in [2.45, 2.75) is 17.2 Å². The van der Waals surface area contributed by atoms with Crippen LogP contribution in [0.2, 0.25) is 10.0 Å². The zero-order valence-electron chi connectivity index (χ0n) is 9.32. The van der Waals surface area contributed by atoms with E-state index in [4.69, 9.17) is 34.8 Å². The van der Waals surface area contributed by atoms with Crippen LogP contribution in [0.5, 0.6) is 0 Å². The van der Waals surface area contributed by atoms with E-state index in [-0.39, 0.29) is 21.8 Å². The van der Waals surface area contributed by atoms with Crippen LogP contribution in [0, 0.1) is 0 Å². The van der Waals surface area contributed by atoms with E-state index in [1.54, 1.807) is 6.92 Å². The minimum absolute atomic E-state index is 0.00789. The van der Waals surface area contributed by atoms with Gasteiger partial charge in [0.2, 0.25) is 10.0 Å². The molecule has 0 spiro atoms. The molecule has 0 heterocycles. The predicted octanol–water partition coefficient (Wildman–Crippen LogP) is 3.24. The average molecular weight is 317 g/mol. The minimum atomic E-state index is -3.65. The van der Waals surface area contributed by atoms with Gasteiger partial charge in [0.1, 0.15) is 4.90 Å². The molecule has 0 saturated heterocycles. The fourth-order valence-corrected chi connectivity index (χ4v) is 3.58. The first kappa shape index (κ1) is 15.1. The van der Waals surface area contributed by atoms with Crippen LogP contribution in [0.3, 0.4) is 0 Å². The standard InChI is InChI=1S/C10H12Cl3NO2S/c1-7(11)6-14(2)17(15,16)10-5-8(12)3-4-9(10)13/h3-5,7H,6H2,1-2H3. The van der Waals surface area contributed by atoms with Gasteiger partial charge in [-0.1, -0.05) is 23.2 Å². The van der Waals surface area contributed by atoms with Crippen molar-refractivity contribution in [2.75, 3.05) is 13.6 Å². The molecule has 1 unspecified atom stereocenters. The van der Waals surface area contributed by atoms with Crippen LogP contribution in [-0.2, 0) is 10.0 Å². The van der Waals surface area contributed by atoms with Crippen molar-refractivity contribution in [2.24, 2.45) is 0 Å². The Labute approximate surface area is 116 Å². The lowest BCUT2D eigenvalue weighted by Crippen LogP contribution is -2.31. The van der Waals surface area contributed by atoms with Crippen LogP contribution >= 0.6 is 34.8 Å². The molecule has 0 N–H and O–H groups in total. The highest BCUT2D eigenvalue weighted by Gasteiger charge is 2.24. The highest BCUT2D eigenvalue weighted by Crippen LogP contribution is 2.27. The molecule has 96 valence electrons. The van der Waals surface area contributed by atoms with Crippen molar-refractivity contribution in [3.8, 4) is 0 Å². The van der Waals surface area contributed by atoms with Gasteiger partial charge in [0, 0.05) is 24.0 Å². The molecule has 3 nitrogen and oxygen atoms in total. The molecule has 0 aromatic heterocycles. The minimum Gasteiger partial charge on any atom is -0.207 e. The van der Waals surface area contributed by atoms with Gasteiger partial charge in [-0.25, -0.2) is 8.42 Å². The van der Waals surface area contributed by atoms with E-state index in [0.717, 1.165) is 4.31 Å². The topological polar surface area (TPSA) is 37.4 Å². The van der Waals surface area contributed by atoms with E-state index in [0.29, 0.717) is 5.02 Å². The largest absolute Gasteiger partial charge is 0.244 e. The first-order chi connectivity index (χ1) is 7.75. The van der Waals surface area contributed by atoms with Gasteiger partial charge in [0.25, 0.3) is 0 Å². The third-order valence-corrected chi connectivity index (χ3v) is 4.77. The normalized spacial score (nSPS) is 14.0. The first-order valence-corrected chi connectivity index (χ1v) is 7.44. The Morgan fingerprint density at radius 1 is 1.35 bits per heavy atom. The van der Waals surface area contributed by atoms with E-state index in [2.05, 4.69) is 0 Å². The fraction of sp³-hybridized carbons (Fsp3) is 0.400. The number of alkyl halides is 1. The molecule has 0 amide bonds. The summed E-state index contributed by atoms with van der Waals surface area (Å²) < 4.78 is 25.5. The molecule has 17 heavy (non-hydrogen) atoms. The highest BCUT2D eigenvalue weighted by molar-refractivity contribution is 7.89. The molecule has 1 aromatic rings. The average Bonchev–Trinajstić information content (AvgIpc) is 2.20. The maximum Gasteiger partial charge on any atom is 0.244 e. The Balaban J connectivity index is 3.17. The maximum atomic E-state index is 12.2. The summed E-state index contributed by atoms with van der Waals surface area (Å²) in [7, 11) is -2.20. The lowest BCUT2D eigenvalue weighted by atomic mass is 10.4. The lowest BCUT2D eigenvalue weighted by molar-refractivity contribution is 0.470. The number of benzene rings is 1. The predicted molar refractivity (Wildman–Crippen MR) is 71.6 cm³/mol. The summed E-state index contributed by atoms with van der Waals surface area (Å²) in [6.07, 6.45) is 0. The van der Waals surface area contributed by atoms with Gasteiger partial charge < -0.3 is 0 Å². The van der Waals surface area contributed by atoms with Crippen LogP contribution in [0.1, 0.15) is 6.92 Å². The van der Waals surface area contributed by atoms with Gasteiger partial charge in [0.05, 0.1) is 5.02 Å². The molecule has 1 aromatic carbocycles. The quantitative estimate of drug-likeness (QED) is 0.800. The third kappa shape index (κ3) is 3.73. The zero-order valence-corrected chi connectivity index (χ0v) is 12.4. The SMILES string of the molecule is CC(Cl)CN(C)S(=O)(=O)c1cc(Cl)ccc1Cl. The van der Waals surface area contributed by atoms with Crippen molar-refractivity contribution in [1.29, 1.82) is 0 Å². The summed E-state index contributed by atoms with van der Waals surface area (Å²) >= 11 is 17.4. The molecule has 0 aliphatic carbocycles. The van der Waals surface area contributed by atoms with E-state index >= 15 is 0 Å². The fourth-order valence-electron chi connectivity index (χ4n) is 1.30. The molecular weight excluding hydrogens is 305 g/mol. The van der Waals surface area contributed by atoms with Gasteiger partial charge in [0.15, 0.2) is 0 Å². The van der Waals surface area contributed by atoms with E-state index in [1.807, 2.05) is 0 Å². The Morgan fingerprint density at radius 2 is 1.94 bits per heavy atom. The van der Waals surface area contributed by atoms with Gasteiger partial charge in [-0.2, -0.15) is 4.31 Å². The molecule has 1 rings (SSSR count). The third-order valence-electron chi connectivity index (χ3n) is 2.09. The second kappa shape index (κ2) is 5.76. The molecule has 0 saturated carbocycles. The van der Waals surface area contributed by atoms with Crippen molar-refractivity contribution in [3.05, 3.63) is 28.2 Å². The lowest BCUT2D eigenvalue weighted by Gasteiger charge is -2.19. The summed E-state index contributed by atoms with van der Waals surface area (Å²) in [5.41, 5.74) is 0. The van der Waals surface area contributed by atoms with Crippen molar-refractivity contribution in [3.63, 3.8) is 0 Å². The molecule has 0 fully saturated rings. The van der Waals surface area contributed by atoms with Gasteiger partial charge in [-0.3, -0.25) is 0 Å². The van der Waals surface area contributed by atoms with Gasteiger partial charge in [-0.05, 0) is 25.1 Å². The Bertz CT molecular complexity index is 502. The number of hydrogen-bond acceptors (Lipinski definition) is 2.